The zero-order valence-corrected chi connectivity index (χ0v) is 26.6. The van der Waals surface area contributed by atoms with Gasteiger partial charge in [0.1, 0.15) is 6.07 Å². The number of aliphatic hydroxyl groups is 1. The normalized spacial score (nSPS) is 16.1. The van der Waals surface area contributed by atoms with Crippen molar-refractivity contribution in [1.82, 2.24) is 4.90 Å². The van der Waals surface area contributed by atoms with Gasteiger partial charge in [0.15, 0.2) is 9.84 Å². The number of sulfone groups is 1. The molecule has 0 aromatic heterocycles. The second-order valence-corrected chi connectivity index (χ2v) is 13.7. The Labute approximate surface area is 260 Å². The number of piperazine rings is 1. The summed E-state index contributed by atoms with van der Waals surface area (Å²) in [6.07, 6.45) is 2.96. The number of piperidine rings is 1. The van der Waals surface area contributed by atoms with Gasteiger partial charge in [-0.1, -0.05) is 30.3 Å². The topological polar surface area (TPSA) is 108 Å². The van der Waals surface area contributed by atoms with E-state index in [9.17, 15) is 23.6 Å². The molecule has 2 aliphatic rings. The lowest BCUT2D eigenvalue weighted by Crippen LogP contribution is -2.49. The molecule has 0 radical (unpaired) electrons. The van der Waals surface area contributed by atoms with E-state index in [1.807, 2.05) is 59.2 Å². The molecule has 0 saturated carbocycles. The van der Waals surface area contributed by atoms with E-state index < -0.39 is 9.84 Å². The predicted octanol–water partition coefficient (Wildman–Crippen LogP) is 4.01. The van der Waals surface area contributed by atoms with Crippen molar-refractivity contribution in [3.8, 4) is 6.07 Å². The van der Waals surface area contributed by atoms with E-state index in [2.05, 4.69) is 28.9 Å². The number of rotatable bonds is 8. The van der Waals surface area contributed by atoms with Gasteiger partial charge in [-0.3, -0.25) is 4.79 Å². The molecule has 44 heavy (non-hydrogen) atoms. The highest BCUT2D eigenvalue weighted by molar-refractivity contribution is 7.90. The number of hydrogen-bond donors (Lipinski definition) is 1. The molecule has 0 bridgehead atoms. The number of nitriles is 1. The summed E-state index contributed by atoms with van der Waals surface area (Å²) in [7, 11) is -3.37. The lowest BCUT2D eigenvalue weighted by Gasteiger charge is -2.41. The third-order valence-electron chi connectivity index (χ3n) is 8.87. The second kappa shape index (κ2) is 13.3. The van der Waals surface area contributed by atoms with Crippen LogP contribution in [-0.2, 0) is 9.84 Å². The van der Waals surface area contributed by atoms with Crippen LogP contribution in [-0.4, -0.2) is 89.0 Å². The van der Waals surface area contributed by atoms with Crippen LogP contribution in [0.15, 0.2) is 65.6 Å². The maximum atomic E-state index is 13.9. The average Bonchev–Trinajstić information content (AvgIpc) is 3.03. The second-order valence-electron chi connectivity index (χ2n) is 11.7. The molecule has 232 valence electrons. The lowest BCUT2D eigenvalue weighted by atomic mass is 9.97. The predicted molar refractivity (Wildman–Crippen MR) is 174 cm³/mol. The number of anilines is 3. The van der Waals surface area contributed by atoms with Crippen molar-refractivity contribution in [1.29, 1.82) is 5.26 Å². The fraction of sp³-hybridized carbons (Fsp3) is 0.412. The Kier molecular flexibility index (Phi) is 9.47. The van der Waals surface area contributed by atoms with Gasteiger partial charge in [-0.2, -0.15) is 5.26 Å². The minimum absolute atomic E-state index is 0.00495. The third kappa shape index (κ3) is 6.54. The van der Waals surface area contributed by atoms with Gasteiger partial charge in [-0.25, -0.2) is 8.42 Å². The molecule has 3 aromatic carbocycles. The summed E-state index contributed by atoms with van der Waals surface area (Å²) in [6.45, 7) is 8.15. The van der Waals surface area contributed by atoms with Gasteiger partial charge in [0.25, 0.3) is 5.91 Å². The minimum Gasteiger partial charge on any atom is -0.395 e. The van der Waals surface area contributed by atoms with E-state index in [4.69, 9.17) is 0 Å². The molecule has 2 saturated heterocycles. The fourth-order valence-corrected chi connectivity index (χ4v) is 7.51. The van der Waals surface area contributed by atoms with E-state index in [1.54, 1.807) is 12.1 Å². The highest BCUT2D eigenvalue weighted by Crippen LogP contribution is 2.32. The van der Waals surface area contributed by atoms with Gasteiger partial charge in [-0.05, 0) is 68.1 Å². The smallest absolute Gasteiger partial charge is 0.254 e. The molecule has 10 heteroatoms. The molecule has 1 amide bonds. The molecule has 2 fully saturated rings. The third-order valence-corrected chi connectivity index (χ3v) is 10.0. The van der Waals surface area contributed by atoms with Crippen LogP contribution < -0.4 is 14.7 Å². The molecule has 2 heterocycles. The van der Waals surface area contributed by atoms with Crippen LogP contribution in [0.3, 0.4) is 0 Å². The van der Waals surface area contributed by atoms with Crippen LogP contribution in [0.1, 0.15) is 39.9 Å². The summed E-state index contributed by atoms with van der Waals surface area (Å²) in [5.41, 5.74) is 5.90. The van der Waals surface area contributed by atoms with Crippen molar-refractivity contribution in [2.24, 2.45) is 0 Å². The number of benzene rings is 3. The van der Waals surface area contributed by atoms with E-state index in [-0.39, 0.29) is 18.6 Å². The van der Waals surface area contributed by atoms with Gasteiger partial charge in [0.2, 0.25) is 0 Å². The SMILES string of the molecule is Cc1cc(C)c(N(CCO)C2CCN(c3ccccc3C#N)CC2)cc1C(=O)N1CCN(c2ccccc2S(C)(=O)=O)CC1. The van der Waals surface area contributed by atoms with Gasteiger partial charge in [0, 0.05) is 69.4 Å². The standard InChI is InChI=1S/C34H41N5O4S/c1-25-22-26(2)32(39(20-21-40)28-12-14-36(15-13-28)30-9-5-4-8-27(30)24-35)23-29(25)34(41)38-18-16-37(17-19-38)31-10-6-7-11-33(31)44(3,42)43/h4-11,22-23,28,40H,12-21H2,1-3H3. The Hall–Kier alpha value is -4.07. The summed E-state index contributed by atoms with van der Waals surface area (Å²) in [6, 6.07) is 21.3. The summed E-state index contributed by atoms with van der Waals surface area (Å²) >= 11 is 0. The first-order chi connectivity index (χ1) is 21.1. The zero-order valence-electron chi connectivity index (χ0n) is 25.7. The van der Waals surface area contributed by atoms with Crippen molar-refractivity contribution in [2.75, 3.05) is 73.4 Å². The van der Waals surface area contributed by atoms with Crippen LogP contribution in [0.4, 0.5) is 17.1 Å². The highest BCUT2D eigenvalue weighted by Gasteiger charge is 2.30. The van der Waals surface area contributed by atoms with Gasteiger partial charge in [-0.15, -0.1) is 0 Å². The number of amides is 1. The minimum atomic E-state index is -3.37. The van der Waals surface area contributed by atoms with Gasteiger partial charge < -0.3 is 24.7 Å². The zero-order chi connectivity index (χ0) is 31.4. The van der Waals surface area contributed by atoms with E-state index >= 15 is 0 Å². The molecule has 3 aromatic rings. The maximum Gasteiger partial charge on any atom is 0.254 e. The number of para-hydroxylation sites is 2. The Morgan fingerprint density at radius 2 is 1.52 bits per heavy atom. The van der Waals surface area contributed by atoms with Crippen molar-refractivity contribution in [3.05, 3.63) is 82.9 Å². The van der Waals surface area contributed by atoms with Crippen LogP contribution in [0.5, 0.6) is 0 Å². The highest BCUT2D eigenvalue weighted by atomic mass is 32.2. The Balaban J connectivity index is 1.32. The molecule has 0 spiro atoms. The Bertz CT molecular complexity index is 1650. The number of aryl methyl sites for hydroxylation is 2. The first-order valence-electron chi connectivity index (χ1n) is 15.2. The van der Waals surface area contributed by atoms with Crippen LogP contribution >= 0.6 is 0 Å². The summed E-state index contributed by atoms with van der Waals surface area (Å²) in [4.78, 5) is 22.6. The monoisotopic (exact) mass is 615 g/mol. The first kappa shape index (κ1) is 31.4. The van der Waals surface area contributed by atoms with E-state index in [0.717, 1.165) is 48.4 Å². The number of carbonyl (C=O) groups is 1. The largest absolute Gasteiger partial charge is 0.395 e. The molecular formula is C34H41N5O4S. The van der Waals surface area contributed by atoms with Crippen molar-refractivity contribution in [3.63, 3.8) is 0 Å². The number of nitrogens with zero attached hydrogens (tertiary/aromatic N) is 5. The molecule has 0 atom stereocenters. The molecule has 1 N–H and O–H groups in total. The molecule has 9 nitrogen and oxygen atoms in total. The molecule has 5 rings (SSSR count). The van der Waals surface area contributed by atoms with Gasteiger partial charge in [0.05, 0.1) is 28.4 Å². The summed E-state index contributed by atoms with van der Waals surface area (Å²) in [5, 5.41) is 19.6. The Morgan fingerprint density at radius 1 is 0.909 bits per heavy atom. The van der Waals surface area contributed by atoms with E-state index in [1.165, 1.54) is 6.26 Å². The van der Waals surface area contributed by atoms with Crippen LogP contribution in [0, 0.1) is 25.2 Å². The fourth-order valence-electron chi connectivity index (χ4n) is 6.60. The van der Waals surface area contributed by atoms with E-state index in [0.29, 0.717) is 54.4 Å². The quantitative estimate of drug-likeness (QED) is 0.405. The lowest BCUT2D eigenvalue weighted by molar-refractivity contribution is 0.0746. The summed E-state index contributed by atoms with van der Waals surface area (Å²) < 4.78 is 24.7. The van der Waals surface area contributed by atoms with Crippen molar-refractivity contribution in [2.45, 2.75) is 37.6 Å². The summed E-state index contributed by atoms with van der Waals surface area (Å²) in [5.74, 6) is -0.0355. The molecule has 0 unspecified atom stereocenters. The molecular weight excluding hydrogens is 574 g/mol. The van der Waals surface area contributed by atoms with Crippen molar-refractivity contribution >= 4 is 32.8 Å². The average molecular weight is 616 g/mol. The number of hydrogen-bond acceptors (Lipinski definition) is 8. The Morgan fingerprint density at radius 3 is 2.16 bits per heavy atom. The first-order valence-corrected chi connectivity index (χ1v) is 17.1. The molecule has 2 aliphatic heterocycles. The maximum absolute atomic E-state index is 13.9. The molecule has 0 aliphatic carbocycles. The number of carbonyl (C=O) groups excluding carboxylic acids is 1. The van der Waals surface area contributed by atoms with Crippen LogP contribution in [0.2, 0.25) is 0 Å². The number of aliphatic hydroxyl groups excluding tert-OH is 1. The van der Waals surface area contributed by atoms with Gasteiger partial charge >= 0.3 is 0 Å². The van der Waals surface area contributed by atoms with Crippen molar-refractivity contribution < 1.29 is 18.3 Å². The van der Waals surface area contributed by atoms with Crippen LogP contribution in [0.25, 0.3) is 0 Å².